The van der Waals surface area contributed by atoms with Crippen molar-refractivity contribution < 1.29 is 19.1 Å². The summed E-state index contributed by atoms with van der Waals surface area (Å²) in [5.74, 6) is -0.721. The normalized spacial score (nSPS) is 15.8. The van der Waals surface area contributed by atoms with Gasteiger partial charge < -0.3 is 14.4 Å². The van der Waals surface area contributed by atoms with Crippen LogP contribution in [0.2, 0.25) is 0 Å². The lowest BCUT2D eigenvalue weighted by Gasteiger charge is -2.31. The fraction of sp³-hybridized carbons (Fsp3) is 0.400. The first kappa shape index (κ1) is 15.7. The molecule has 7 nitrogen and oxygen atoms in total. The van der Waals surface area contributed by atoms with Crippen LogP contribution in [-0.4, -0.2) is 51.0 Å². The molecule has 0 aromatic carbocycles. The Morgan fingerprint density at radius 3 is 2.65 bits per heavy atom. The van der Waals surface area contributed by atoms with Crippen LogP contribution in [0.15, 0.2) is 34.0 Å². The van der Waals surface area contributed by atoms with Crippen molar-refractivity contribution in [2.24, 2.45) is 0 Å². The van der Waals surface area contributed by atoms with Crippen molar-refractivity contribution in [2.45, 2.75) is 24.0 Å². The van der Waals surface area contributed by atoms with Crippen LogP contribution in [0, 0.1) is 0 Å². The van der Waals surface area contributed by atoms with Gasteiger partial charge in [-0.15, -0.1) is 0 Å². The number of carbonyl (C=O) groups excluding carboxylic acids is 1. The molecular formula is C15H17N3O4S. The van der Waals surface area contributed by atoms with Gasteiger partial charge >= 0.3 is 5.97 Å². The zero-order valence-electron chi connectivity index (χ0n) is 12.6. The molecule has 2 aromatic heterocycles. The summed E-state index contributed by atoms with van der Waals surface area (Å²) in [4.78, 5) is 25.1. The van der Waals surface area contributed by atoms with Crippen LogP contribution < -0.4 is 0 Å². The Balaban J connectivity index is 1.61. The molecule has 0 radical (unpaired) electrons. The molecule has 0 aliphatic carbocycles. The van der Waals surface area contributed by atoms with E-state index in [-0.39, 0.29) is 17.5 Å². The Labute approximate surface area is 137 Å². The molecule has 0 bridgehead atoms. The maximum atomic E-state index is 12.4. The van der Waals surface area contributed by atoms with Crippen molar-refractivity contribution in [1.29, 1.82) is 0 Å². The number of likely N-dealkylation sites (tertiary alicyclic amines) is 1. The number of aromatic carboxylic acids is 1. The molecule has 1 amide bonds. The van der Waals surface area contributed by atoms with Crippen molar-refractivity contribution in [1.82, 2.24) is 14.7 Å². The van der Waals surface area contributed by atoms with Gasteiger partial charge in [0.1, 0.15) is 0 Å². The topological polar surface area (TPSA) is 88.6 Å². The lowest BCUT2D eigenvalue weighted by molar-refractivity contribution is 0.0652. The lowest BCUT2D eigenvalue weighted by atomic mass is 10.1. The highest BCUT2D eigenvalue weighted by Crippen LogP contribution is 2.25. The number of piperidine rings is 1. The van der Waals surface area contributed by atoms with Crippen molar-refractivity contribution in [2.75, 3.05) is 19.3 Å². The number of thioether (sulfide) groups is 1. The molecule has 1 aliphatic rings. The summed E-state index contributed by atoms with van der Waals surface area (Å²) in [6, 6.07) is 3.61. The summed E-state index contributed by atoms with van der Waals surface area (Å²) in [6.45, 7) is 1.20. The molecule has 8 heteroatoms. The van der Waals surface area contributed by atoms with Crippen LogP contribution in [-0.2, 0) is 0 Å². The smallest absolute Gasteiger partial charge is 0.338 e. The summed E-state index contributed by atoms with van der Waals surface area (Å²) in [6.07, 6.45) is 6.27. The molecule has 0 unspecified atom stereocenters. The Morgan fingerprint density at radius 2 is 2.09 bits per heavy atom. The van der Waals surface area contributed by atoms with Crippen LogP contribution in [0.1, 0.15) is 39.8 Å². The minimum atomic E-state index is -0.980. The zero-order valence-corrected chi connectivity index (χ0v) is 13.5. The van der Waals surface area contributed by atoms with E-state index < -0.39 is 5.97 Å². The fourth-order valence-electron chi connectivity index (χ4n) is 2.68. The summed E-state index contributed by atoms with van der Waals surface area (Å²) in [5.41, 5.74) is 0.184. The second-order valence-corrected chi connectivity index (χ2v) is 6.17. The SMILES string of the molecule is CSc1ccc(C(=O)N2CCC(n3cc(C(=O)O)cn3)CC2)o1. The van der Waals surface area contributed by atoms with E-state index in [9.17, 15) is 9.59 Å². The van der Waals surface area contributed by atoms with Gasteiger partial charge in [0, 0.05) is 19.3 Å². The number of carboxylic acid groups (broad SMARTS) is 1. The molecule has 1 aliphatic heterocycles. The molecule has 23 heavy (non-hydrogen) atoms. The summed E-state index contributed by atoms with van der Waals surface area (Å²) in [5, 5.41) is 13.8. The van der Waals surface area contributed by atoms with Gasteiger partial charge in [0.25, 0.3) is 5.91 Å². The summed E-state index contributed by atoms with van der Waals surface area (Å²) >= 11 is 1.46. The molecular weight excluding hydrogens is 318 g/mol. The molecule has 3 heterocycles. The van der Waals surface area contributed by atoms with Gasteiger partial charge in [-0.25, -0.2) is 4.79 Å². The number of rotatable bonds is 4. The van der Waals surface area contributed by atoms with E-state index in [1.165, 1.54) is 18.0 Å². The van der Waals surface area contributed by atoms with E-state index in [4.69, 9.17) is 9.52 Å². The zero-order chi connectivity index (χ0) is 16.4. The standard InChI is InChI=1S/C15H17N3O4S/c1-23-13-3-2-12(22-13)14(19)17-6-4-11(5-7-17)18-9-10(8-16-18)15(20)21/h2-3,8-9,11H,4-7H2,1H3,(H,20,21). The number of amides is 1. The number of furan rings is 1. The molecule has 1 saturated heterocycles. The van der Waals surface area contributed by atoms with Gasteiger partial charge in [-0.3, -0.25) is 9.48 Å². The maximum absolute atomic E-state index is 12.4. The van der Waals surface area contributed by atoms with Crippen molar-refractivity contribution >= 4 is 23.6 Å². The van der Waals surface area contributed by atoms with Gasteiger partial charge in [-0.2, -0.15) is 5.10 Å². The first-order valence-corrected chi connectivity index (χ1v) is 8.51. The number of hydrogen-bond acceptors (Lipinski definition) is 5. The average Bonchev–Trinajstić information content (AvgIpc) is 3.23. The van der Waals surface area contributed by atoms with Crippen LogP contribution in [0.25, 0.3) is 0 Å². The quantitative estimate of drug-likeness (QED) is 0.863. The van der Waals surface area contributed by atoms with Gasteiger partial charge in [0.2, 0.25) is 0 Å². The summed E-state index contributed by atoms with van der Waals surface area (Å²) < 4.78 is 7.16. The molecule has 122 valence electrons. The van der Waals surface area contributed by atoms with E-state index in [0.717, 1.165) is 17.9 Å². The average molecular weight is 335 g/mol. The van der Waals surface area contributed by atoms with Crippen molar-refractivity contribution in [3.05, 3.63) is 35.9 Å². The Morgan fingerprint density at radius 1 is 1.35 bits per heavy atom. The van der Waals surface area contributed by atoms with Gasteiger partial charge in [0.05, 0.1) is 17.8 Å². The first-order chi connectivity index (χ1) is 11.1. The molecule has 0 atom stereocenters. The first-order valence-electron chi connectivity index (χ1n) is 7.29. The predicted octanol–water partition coefficient (Wildman–Crippen LogP) is 2.37. The van der Waals surface area contributed by atoms with E-state index >= 15 is 0 Å². The van der Waals surface area contributed by atoms with Gasteiger partial charge in [0.15, 0.2) is 10.9 Å². The highest BCUT2D eigenvalue weighted by atomic mass is 32.2. The molecule has 0 saturated carbocycles. The monoisotopic (exact) mass is 335 g/mol. The largest absolute Gasteiger partial charge is 0.478 e. The van der Waals surface area contributed by atoms with Crippen molar-refractivity contribution in [3.63, 3.8) is 0 Å². The van der Waals surface area contributed by atoms with Crippen LogP contribution in [0.4, 0.5) is 0 Å². The van der Waals surface area contributed by atoms with Gasteiger partial charge in [-0.1, -0.05) is 11.8 Å². The van der Waals surface area contributed by atoms with Gasteiger partial charge in [-0.05, 0) is 31.2 Å². The lowest BCUT2D eigenvalue weighted by Crippen LogP contribution is -2.39. The molecule has 0 spiro atoms. The second kappa shape index (κ2) is 6.49. The predicted molar refractivity (Wildman–Crippen MR) is 83.8 cm³/mol. The second-order valence-electron chi connectivity index (χ2n) is 5.36. The number of carbonyl (C=O) groups is 2. The fourth-order valence-corrected chi connectivity index (χ4v) is 3.06. The van der Waals surface area contributed by atoms with E-state index in [2.05, 4.69) is 5.10 Å². The number of nitrogens with zero attached hydrogens (tertiary/aromatic N) is 3. The third kappa shape index (κ3) is 3.26. The highest BCUT2D eigenvalue weighted by molar-refractivity contribution is 7.98. The maximum Gasteiger partial charge on any atom is 0.338 e. The Kier molecular flexibility index (Phi) is 4.42. The third-order valence-corrected chi connectivity index (χ3v) is 4.59. The number of hydrogen-bond donors (Lipinski definition) is 1. The Hall–Kier alpha value is -2.22. The molecule has 1 fully saturated rings. The molecule has 1 N–H and O–H groups in total. The minimum Gasteiger partial charge on any atom is -0.478 e. The number of carboxylic acids is 1. The highest BCUT2D eigenvalue weighted by Gasteiger charge is 2.27. The minimum absolute atomic E-state index is 0.101. The van der Waals surface area contributed by atoms with Crippen LogP contribution >= 0.6 is 11.8 Å². The summed E-state index contributed by atoms with van der Waals surface area (Å²) in [7, 11) is 0. The molecule has 2 aromatic rings. The van der Waals surface area contributed by atoms with E-state index in [1.54, 1.807) is 27.9 Å². The number of aromatic nitrogens is 2. The van der Waals surface area contributed by atoms with Crippen molar-refractivity contribution in [3.8, 4) is 0 Å². The van der Waals surface area contributed by atoms with Crippen LogP contribution in [0.5, 0.6) is 0 Å². The van der Waals surface area contributed by atoms with E-state index in [0.29, 0.717) is 18.8 Å². The molecule has 3 rings (SSSR count). The van der Waals surface area contributed by atoms with E-state index in [1.807, 2.05) is 6.26 Å². The van der Waals surface area contributed by atoms with Crippen LogP contribution in [0.3, 0.4) is 0 Å². The Bertz CT molecular complexity index is 716. The third-order valence-electron chi connectivity index (χ3n) is 3.97.